The number of carbonyl (C=O) groups is 1. The lowest BCUT2D eigenvalue weighted by Gasteiger charge is -2.31. The highest BCUT2D eigenvalue weighted by Gasteiger charge is 2.36. The lowest BCUT2D eigenvalue weighted by atomic mass is 9.93. The first-order chi connectivity index (χ1) is 14.2. The number of hydrogen-bond donors (Lipinski definition) is 3. The first-order valence-corrected chi connectivity index (χ1v) is 9.37. The van der Waals surface area contributed by atoms with Crippen LogP contribution in [0.2, 0.25) is 0 Å². The minimum Gasteiger partial charge on any atom is -0.504 e. The van der Waals surface area contributed by atoms with E-state index in [4.69, 9.17) is 10.5 Å². The number of carbonyl (C=O) groups excluding carboxylic acids is 1. The van der Waals surface area contributed by atoms with Crippen molar-refractivity contribution in [1.29, 1.82) is 5.41 Å². The molecule has 2 aromatic rings. The van der Waals surface area contributed by atoms with Crippen molar-refractivity contribution in [2.24, 2.45) is 0 Å². The number of nitrogens with one attached hydrogen (secondary N) is 2. The molecule has 1 unspecified atom stereocenters. The van der Waals surface area contributed by atoms with Gasteiger partial charge in [0.05, 0.1) is 12.2 Å². The van der Waals surface area contributed by atoms with Crippen LogP contribution in [0.25, 0.3) is 0 Å². The maximum absolute atomic E-state index is 13.4. The van der Waals surface area contributed by atoms with Gasteiger partial charge in [0, 0.05) is 24.6 Å². The van der Waals surface area contributed by atoms with Gasteiger partial charge in [-0.2, -0.15) is 4.39 Å². The van der Waals surface area contributed by atoms with E-state index in [1.807, 2.05) is 0 Å². The van der Waals surface area contributed by atoms with Crippen LogP contribution in [0.4, 0.5) is 22.4 Å². The molecule has 1 saturated carbocycles. The Kier molecular flexibility index (Phi) is 6.53. The summed E-state index contributed by atoms with van der Waals surface area (Å²) in [7, 11) is 0. The number of benzene rings is 1. The normalized spacial score (nSPS) is 18.5. The third kappa shape index (κ3) is 5.05. The molecule has 0 spiro atoms. The zero-order chi connectivity index (χ0) is 21.8. The molecule has 0 radical (unpaired) electrons. The molecule has 4 rings (SSSR count). The molecule has 160 valence electrons. The van der Waals surface area contributed by atoms with Crippen molar-refractivity contribution in [2.75, 3.05) is 0 Å². The van der Waals surface area contributed by atoms with Crippen LogP contribution in [0.1, 0.15) is 43.7 Å². The van der Waals surface area contributed by atoms with Crippen LogP contribution in [0, 0.1) is 28.8 Å². The molecule has 1 aliphatic carbocycles. The summed E-state index contributed by atoms with van der Waals surface area (Å²) in [5.74, 6) is -3.71. The van der Waals surface area contributed by atoms with Gasteiger partial charge in [-0.05, 0) is 43.4 Å². The third-order valence-corrected chi connectivity index (χ3v) is 4.98. The second kappa shape index (κ2) is 9.10. The SMILES string of the molecule is N=C1CCC(c2cc(F)cc(F)c2)N1C(=O)NC1CCC1.Oc1cnc(F)cc1F. The summed E-state index contributed by atoms with van der Waals surface area (Å²) in [6, 6.07) is 3.14. The number of nitrogens with zero attached hydrogens (tertiary/aromatic N) is 2. The summed E-state index contributed by atoms with van der Waals surface area (Å²) in [5, 5.41) is 19.2. The van der Waals surface area contributed by atoms with Gasteiger partial charge in [0.2, 0.25) is 5.95 Å². The van der Waals surface area contributed by atoms with Crippen molar-refractivity contribution < 1.29 is 27.5 Å². The zero-order valence-corrected chi connectivity index (χ0v) is 15.8. The van der Waals surface area contributed by atoms with Crippen molar-refractivity contribution in [3.63, 3.8) is 0 Å². The summed E-state index contributed by atoms with van der Waals surface area (Å²) in [6.07, 6.45) is 4.66. The van der Waals surface area contributed by atoms with Crippen LogP contribution in [0.5, 0.6) is 5.75 Å². The van der Waals surface area contributed by atoms with E-state index in [0.717, 1.165) is 25.3 Å². The largest absolute Gasteiger partial charge is 0.504 e. The fraction of sp³-hybridized carbons (Fsp3) is 0.350. The topological polar surface area (TPSA) is 89.3 Å². The van der Waals surface area contributed by atoms with Crippen LogP contribution in [-0.2, 0) is 0 Å². The Hall–Kier alpha value is -3.17. The van der Waals surface area contributed by atoms with Crippen LogP contribution in [-0.4, -0.2) is 32.9 Å². The predicted octanol–water partition coefficient (Wildman–Crippen LogP) is 4.41. The van der Waals surface area contributed by atoms with Gasteiger partial charge in [0.15, 0.2) is 11.6 Å². The Morgan fingerprint density at radius 3 is 2.30 bits per heavy atom. The van der Waals surface area contributed by atoms with E-state index in [-0.39, 0.29) is 17.9 Å². The summed E-state index contributed by atoms with van der Waals surface area (Å²) in [5.41, 5.74) is 0.401. The molecular weight excluding hydrogens is 404 g/mol. The molecule has 1 saturated heterocycles. The number of likely N-dealkylation sites (tertiary alicyclic amines) is 1. The van der Waals surface area contributed by atoms with Crippen LogP contribution in [0.15, 0.2) is 30.5 Å². The van der Waals surface area contributed by atoms with Gasteiger partial charge in [-0.25, -0.2) is 22.9 Å². The predicted molar refractivity (Wildman–Crippen MR) is 99.9 cm³/mol. The average Bonchev–Trinajstić information content (AvgIpc) is 3.03. The molecule has 6 nitrogen and oxygen atoms in total. The number of halogens is 4. The maximum atomic E-state index is 13.4. The van der Waals surface area contributed by atoms with Crippen molar-refractivity contribution in [2.45, 2.75) is 44.2 Å². The van der Waals surface area contributed by atoms with Crippen molar-refractivity contribution in [1.82, 2.24) is 15.2 Å². The fourth-order valence-electron chi connectivity index (χ4n) is 3.26. The number of amides is 2. The number of amidine groups is 1. The van der Waals surface area contributed by atoms with E-state index in [9.17, 15) is 22.4 Å². The Labute approximate surface area is 170 Å². The Bertz CT molecular complexity index is 932. The summed E-state index contributed by atoms with van der Waals surface area (Å²) >= 11 is 0. The number of rotatable bonds is 2. The van der Waals surface area contributed by atoms with Crippen molar-refractivity contribution in [3.8, 4) is 5.75 Å². The summed E-state index contributed by atoms with van der Waals surface area (Å²) in [4.78, 5) is 16.6. The number of hydrogen-bond acceptors (Lipinski definition) is 4. The third-order valence-electron chi connectivity index (χ3n) is 4.98. The molecule has 1 aromatic carbocycles. The standard InChI is InChI=1S/C15H17F2N3O.C5H3F2NO/c16-10-6-9(7-11(17)8-10)13-4-5-14(18)20(13)15(21)19-12-2-1-3-12;6-3-1-5(7)8-2-4(3)9/h6-8,12-13,18H,1-5H2,(H,19,21);1-2,9H. The first kappa shape index (κ1) is 21.5. The van der Waals surface area contributed by atoms with Crippen molar-refractivity contribution >= 4 is 11.9 Å². The number of urea groups is 1. The minimum absolute atomic E-state index is 0.163. The van der Waals surface area contributed by atoms with E-state index in [2.05, 4.69) is 10.3 Å². The monoisotopic (exact) mass is 424 g/mol. The van der Waals surface area contributed by atoms with Gasteiger partial charge in [0.25, 0.3) is 0 Å². The molecule has 2 amide bonds. The average molecular weight is 424 g/mol. The van der Waals surface area contributed by atoms with Gasteiger partial charge in [-0.15, -0.1) is 0 Å². The molecule has 10 heteroatoms. The van der Waals surface area contributed by atoms with E-state index in [1.54, 1.807) is 0 Å². The van der Waals surface area contributed by atoms with E-state index in [0.29, 0.717) is 30.7 Å². The van der Waals surface area contributed by atoms with Gasteiger partial charge >= 0.3 is 6.03 Å². The van der Waals surface area contributed by atoms with E-state index in [1.165, 1.54) is 17.0 Å². The van der Waals surface area contributed by atoms with Crippen LogP contribution in [0.3, 0.4) is 0 Å². The molecule has 2 fully saturated rings. The van der Waals surface area contributed by atoms with Gasteiger partial charge in [-0.3, -0.25) is 10.3 Å². The number of aromatic nitrogens is 1. The first-order valence-electron chi connectivity index (χ1n) is 9.37. The second-order valence-electron chi connectivity index (χ2n) is 7.11. The lowest BCUT2D eigenvalue weighted by Crippen LogP contribution is -2.48. The molecule has 1 atom stereocenters. The van der Waals surface area contributed by atoms with E-state index < -0.39 is 35.2 Å². The lowest BCUT2D eigenvalue weighted by molar-refractivity contribution is 0.200. The fourth-order valence-corrected chi connectivity index (χ4v) is 3.26. The molecule has 2 heterocycles. The molecule has 3 N–H and O–H groups in total. The Morgan fingerprint density at radius 1 is 1.10 bits per heavy atom. The molecule has 0 bridgehead atoms. The minimum atomic E-state index is -0.998. The van der Waals surface area contributed by atoms with Crippen molar-refractivity contribution in [3.05, 3.63) is 59.4 Å². The zero-order valence-electron chi connectivity index (χ0n) is 15.8. The number of pyridine rings is 1. The van der Waals surface area contributed by atoms with Crippen LogP contribution < -0.4 is 5.32 Å². The highest BCUT2D eigenvalue weighted by Crippen LogP contribution is 2.34. The van der Waals surface area contributed by atoms with Gasteiger partial charge in [0.1, 0.15) is 17.5 Å². The highest BCUT2D eigenvalue weighted by atomic mass is 19.1. The molecular formula is C20H20F4N4O2. The van der Waals surface area contributed by atoms with Gasteiger partial charge in [-0.1, -0.05) is 0 Å². The Morgan fingerprint density at radius 2 is 1.77 bits per heavy atom. The summed E-state index contributed by atoms with van der Waals surface area (Å²) in [6.45, 7) is 0. The smallest absolute Gasteiger partial charge is 0.323 e. The Balaban J connectivity index is 0.000000239. The van der Waals surface area contributed by atoms with E-state index >= 15 is 0 Å². The second-order valence-corrected chi connectivity index (χ2v) is 7.11. The van der Waals surface area contributed by atoms with Gasteiger partial charge < -0.3 is 10.4 Å². The van der Waals surface area contributed by atoms with Crippen LogP contribution >= 0.6 is 0 Å². The molecule has 30 heavy (non-hydrogen) atoms. The molecule has 2 aliphatic rings. The highest BCUT2D eigenvalue weighted by molar-refractivity contribution is 5.98. The molecule has 1 aromatic heterocycles. The maximum Gasteiger partial charge on any atom is 0.323 e. The molecule has 1 aliphatic heterocycles. The quantitative estimate of drug-likeness (QED) is 0.493. The summed E-state index contributed by atoms with van der Waals surface area (Å²) < 4.78 is 50.7. The number of aromatic hydroxyl groups is 1.